The lowest BCUT2D eigenvalue weighted by Gasteiger charge is -2.41. The average Bonchev–Trinajstić information content (AvgIpc) is 2.66. The summed E-state index contributed by atoms with van der Waals surface area (Å²) in [4.78, 5) is 17.4. The van der Waals surface area contributed by atoms with Crippen molar-refractivity contribution in [3.8, 4) is 0 Å². The molecule has 0 radical (unpaired) electrons. The van der Waals surface area contributed by atoms with Crippen LogP contribution in [0.3, 0.4) is 0 Å². The summed E-state index contributed by atoms with van der Waals surface area (Å²) in [6.07, 6.45) is 1.44. The molecule has 1 fully saturated rings. The van der Waals surface area contributed by atoms with Gasteiger partial charge >= 0.3 is 0 Å². The fourth-order valence-electron chi connectivity index (χ4n) is 3.61. The summed E-state index contributed by atoms with van der Waals surface area (Å²) in [5.74, 6) is 0.0975. The standard InChI is InChI=1S/C23H30N2O2/c1-18-17-24(21-10-5-4-6-11-21)14-15-25(18)22(26)20-9-7-8-19(16-20)12-13-23(2,3)27/h4-11,16,18,27H,12-15,17H2,1-3H3/t18-/m1/s1. The van der Waals surface area contributed by atoms with Crippen LogP contribution >= 0.6 is 0 Å². The molecule has 0 unspecified atom stereocenters. The number of aliphatic hydroxyl groups is 1. The lowest BCUT2D eigenvalue weighted by atomic mass is 9.97. The SMILES string of the molecule is C[C@@H]1CN(c2ccccc2)CCN1C(=O)c1cccc(CCC(C)(C)O)c1. The highest BCUT2D eigenvalue weighted by atomic mass is 16.3. The Bertz CT molecular complexity index is 767. The molecule has 144 valence electrons. The normalized spacial score (nSPS) is 17.9. The van der Waals surface area contributed by atoms with Gasteiger partial charge in [-0.3, -0.25) is 4.79 Å². The van der Waals surface area contributed by atoms with Gasteiger partial charge in [0.25, 0.3) is 5.91 Å². The maximum Gasteiger partial charge on any atom is 0.254 e. The topological polar surface area (TPSA) is 43.8 Å². The molecule has 2 aromatic rings. The summed E-state index contributed by atoms with van der Waals surface area (Å²) in [7, 11) is 0. The summed E-state index contributed by atoms with van der Waals surface area (Å²) < 4.78 is 0. The van der Waals surface area contributed by atoms with Crippen LogP contribution in [-0.2, 0) is 6.42 Å². The Morgan fingerprint density at radius 2 is 1.85 bits per heavy atom. The van der Waals surface area contributed by atoms with Crippen LogP contribution in [0.15, 0.2) is 54.6 Å². The first kappa shape index (κ1) is 19.4. The molecule has 2 aromatic carbocycles. The number of amides is 1. The number of aryl methyl sites for hydroxylation is 1. The monoisotopic (exact) mass is 366 g/mol. The number of hydrogen-bond acceptors (Lipinski definition) is 3. The first-order valence-corrected chi connectivity index (χ1v) is 9.76. The number of nitrogens with zero attached hydrogens (tertiary/aromatic N) is 2. The van der Waals surface area contributed by atoms with E-state index >= 15 is 0 Å². The van der Waals surface area contributed by atoms with Gasteiger partial charge in [-0.05, 0) is 63.4 Å². The number of carbonyl (C=O) groups excluding carboxylic acids is 1. The third-order valence-corrected chi connectivity index (χ3v) is 5.21. The molecule has 1 amide bonds. The summed E-state index contributed by atoms with van der Waals surface area (Å²) in [6, 6.07) is 18.4. The van der Waals surface area contributed by atoms with Gasteiger partial charge in [-0.25, -0.2) is 0 Å². The van der Waals surface area contributed by atoms with Crippen molar-refractivity contribution in [2.24, 2.45) is 0 Å². The molecule has 3 rings (SSSR count). The number of rotatable bonds is 5. The van der Waals surface area contributed by atoms with E-state index in [0.717, 1.165) is 37.2 Å². The first-order valence-electron chi connectivity index (χ1n) is 9.76. The predicted molar refractivity (Wildman–Crippen MR) is 110 cm³/mol. The van der Waals surface area contributed by atoms with Crippen molar-refractivity contribution < 1.29 is 9.90 Å². The van der Waals surface area contributed by atoms with Crippen molar-refractivity contribution >= 4 is 11.6 Å². The molecule has 1 aliphatic rings. The molecule has 1 aliphatic heterocycles. The molecular formula is C23H30N2O2. The van der Waals surface area contributed by atoms with E-state index in [9.17, 15) is 9.90 Å². The van der Waals surface area contributed by atoms with E-state index in [1.807, 2.05) is 49.1 Å². The maximum atomic E-state index is 13.1. The molecule has 27 heavy (non-hydrogen) atoms. The van der Waals surface area contributed by atoms with Gasteiger partial charge in [0.05, 0.1) is 5.60 Å². The van der Waals surface area contributed by atoms with Gasteiger partial charge < -0.3 is 14.9 Å². The highest BCUT2D eigenvalue weighted by Crippen LogP contribution is 2.21. The molecule has 1 N–H and O–H groups in total. The third kappa shape index (κ3) is 5.10. The molecule has 0 spiro atoms. The minimum absolute atomic E-state index is 0.0975. The van der Waals surface area contributed by atoms with Crippen molar-refractivity contribution in [1.29, 1.82) is 0 Å². The van der Waals surface area contributed by atoms with Gasteiger partial charge in [-0.1, -0.05) is 30.3 Å². The molecular weight excluding hydrogens is 336 g/mol. The van der Waals surface area contributed by atoms with Gasteiger partial charge in [-0.2, -0.15) is 0 Å². The van der Waals surface area contributed by atoms with Gasteiger partial charge in [0.2, 0.25) is 0 Å². The summed E-state index contributed by atoms with van der Waals surface area (Å²) in [5, 5.41) is 9.94. The van der Waals surface area contributed by atoms with E-state index in [1.54, 1.807) is 0 Å². The van der Waals surface area contributed by atoms with Gasteiger partial charge in [-0.15, -0.1) is 0 Å². The summed E-state index contributed by atoms with van der Waals surface area (Å²) in [6.45, 7) is 8.16. The predicted octanol–water partition coefficient (Wildman–Crippen LogP) is 3.74. The molecule has 0 bridgehead atoms. The van der Waals surface area contributed by atoms with E-state index in [-0.39, 0.29) is 11.9 Å². The van der Waals surface area contributed by atoms with Crippen LogP contribution in [0.4, 0.5) is 5.69 Å². The van der Waals surface area contributed by atoms with Crippen LogP contribution in [0.25, 0.3) is 0 Å². The second-order valence-electron chi connectivity index (χ2n) is 8.14. The zero-order valence-electron chi connectivity index (χ0n) is 16.6. The Labute approximate surface area is 162 Å². The zero-order chi connectivity index (χ0) is 19.4. The van der Waals surface area contributed by atoms with Gasteiger partial charge in [0.1, 0.15) is 0 Å². The minimum Gasteiger partial charge on any atom is -0.390 e. The van der Waals surface area contributed by atoms with E-state index in [0.29, 0.717) is 6.42 Å². The quantitative estimate of drug-likeness (QED) is 0.877. The van der Waals surface area contributed by atoms with E-state index in [2.05, 4.69) is 36.1 Å². The number of para-hydroxylation sites is 1. The van der Waals surface area contributed by atoms with Crippen LogP contribution in [0.5, 0.6) is 0 Å². The average molecular weight is 367 g/mol. The number of hydrogen-bond donors (Lipinski definition) is 1. The number of carbonyl (C=O) groups is 1. The van der Waals surface area contributed by atoms with Crippen molar-refractivity contribution in [1.82, 2.24) is 4.90 Å². The fraction of sp³-hybridized carbons (Fsp3) is 0.435. The molecule has 0 aliphatic carbocycles. The molecule has 0 saturated carbocycles. The molecule has 1 atom stereocenters. The molecule has 1 heterocycles. The van der Waals surface area contributed by atoms with Crippen molar-refractivity contribution in [3.63, 3.8) is 0 Å². The summed E-state index contributed by atoms with van der Waals surface area (Å²) >= 11 is 0. The van der Waals surface area contributed by atoms with E-state index in [1.165, 1.54) is 5.69 Å². The van der Waals surface area contributed by atoms with Crippen LogP contribution < -0.4 is 4.90 Å². The Morgan fingerprint density at radius 1 is 1.11 bits per heavy atom. The molecule has 0 aromatic heterocycles. The van der Waals surface area contributed by atoms with E-state index < -0.39 is 5.60 Å². The number of piperazine rings is 1. The van der Waals surface area contributed by atoms with Crippen LogP contribution in [0, 0.1) is 0 Å². The van der Waals surface area contributed by atoms with Crippen molar-refractivity contribution in [3.05, 3.63) is 65.7 Å². The smallest absolute Gasteiger partial charge is 0.254 e. The lowest BCUT2D eigenvalue weighted by Crippen LogP contribution is -2.54. The second-order valence-corrected chi connectivity index (χ2v) is 8.14. The van der Waals surface area contributed by atoms with Crippen LogP contribution in [0.2, 0.25) is 0 Å². The molecule has 1 saturated heterocycles. The Kier molecular flexibility index (Phi) is 5.85. The highest BCUT2D eigenvalue weighted by Gasteiger charge is 2.28. The Balaban J connectivity index is 1.66. The minimum atomic E-state index is -0.692. The lowest BCUT2D eigenvalue weighted by molar-refractivity contribution is 0.0674. The Hall–Kier alpha value is -2.33. The van der Waals surface area contributed by atoms with Crippen LogP contribution in [0.1, 0.15) is 43.1 Å². The largest absolute Gasteiger partial charge is 0.390 e. The maximum absolute atomic E-state index is 13.1. The highest BCUT2D eigenvalue weighted by molar-refractivity contribution is 5.94. The van der Waals surface area contributed by atoms with Crippen molar-refractivity contribution in [2.75, 3.05) is 24.5 Å². The Morgan fingerprint density at radius 3 is 2.52 bits per heavy atom. The first-order chi connectivity index (χ1) is 12.8. The number of benzene rings is 2. The molecule has 4 heteroatoms. The van der Waals surface area contributed by atoms with Gasteiger partial charge in [0.15, 0.2) is 0 Å². The molecule has 4 nitrogen and oxygen atoms in total. The van der Waals surface area contributed by atoms with Gasteiger partial charge in [0, 0.05) is 36.9 Å². The second kappa shape index (κ2) is 8.13. The summed E-state index contributed by atoms with van der Waals surface area (Å²) in [5.41, 5.74) is 2.36. The third-order valence-electron chi connectivity index (χ3n) is 5.21. The van der Waals surface area contributed by atoms with E-state index in [4.69, 9.17) is 0 Å². The zero-order valence-corrected chi connectivity index (χ0v) is 16.6. The number of anilines is 1. The van der Waals surface area contributed by atoms with Crippen molar-refractivity contribution in [2.45, 2.75) is 45.3 Å². The van der Waals surface area contributed by atoms with Crippen LogP contribution in [-0.4, -0.2) is 47.2 Å². The fourth-order valence-corrected chi connectivity index (χ4v) is 3.61.